The average Bonchev–Trinajstić information content (AvgIpc) is 2.64. The lowest BCUT2D eigenvalue weighted by molar-refractivity contribution is -0.274. The van der Waals surface area contributed by atoms with Gasteiger partial charge in [-0.25, -0.2) is 9.97 Å². The predicted octanol–water partition coefficient (Wildman–Crippen LogP) is 2.65. The zero-order chi connectivity index (χ0) is 21.9. The molecule has 1 aliphatic rings. The van der Waals surface area contributed by atoms with Crippen LogP contribution < -0.4 is 10.1 Å². The fourth-order valence-electron chi connectivity index (χ4n) is 3.05. The first-order chi connectivity index (χ1) is 14.0. The lowest BCUT2D eigenvalue weighted by Crippen LogP contribution is -2.52. The second-order valence-corrected chi connectivity index (χ2v) is 6.57. The van der Waals surface area contributed by atoms with Gasteiger partial charge in [0.2, 0.25) is 5.91 Å². The van der Waals surface area contributed by atoms with Crippen molar-refractivity contribution in [3.63, 3.8) is 0 Å². The smallest absolute Gasteiger partial charge is 0.406 e. The van der Waals surface area contributed by atoms with Crippen molar-refractivity contribution in [3.8, 4) is 5.75 Å². The van der Waals surface area contributed by atoms with Gasteiger partial charge < -0.3 is 15.0 Å². The number of carbonyl (C=O) groups excluding carboxylic acids is 1. The van der Waals surface area contributed by atoms with E-state index in [1.807, 2.05) is 0 Å². The van der Waals surface area contributed by atoms with Crippen LogP contribution in [0.25, 0.3) is 10.9 Å². The lowest BCUT2D eigenvalue weighted by Gasteiger charge is -2.35. The van der Waals surface area contributed by atoms with Gasteiger partial charge in [-0.05, 0) is 12.1 Å². The van der Waals surface area contributed by atoms with Gasteiger partial charge in [-0.15, -0.1) is 13.2 Å². The highest BCUT2D eigenvalue weighted by Crippen LogP contribution is 2.28. The third-order valence-electron chi connectivity index (χ3n) is 4.38. The number of aromatic nitrogens is 2. The number of alkyl halides is 6. The second-order valence-electron chi connectivity index (χ2n) is 6.57. The van der Waals surface area contributed by atoms with E-state index in [9.17, 15) is 31.1 Å². The molecule has 30 heavy (non-hydrogen) atoms. The van der Waals surface area contributed by atoms with Crippen molar-refractivity contribution >= 4 is 22.6 Å². The van der Waals surface area contributed by atoms with Gasteiger partial charge in [-0.3, -0.25) is 9.69 Å². The van der Waals surface area contributed by atoms with Crippen LogP contribution in [0, 0.1) is 0 Å². The maximum Gasteiger partial charge on any atom is 0.573 e. The molecule has 1 fully saturated rings. The van der Waals surface area contributed by atoms with Gasteiger partial charge in [0.1, 0.15) is 17.9 Å². The van der Waals surface area contributed by atoms with Crippen molar-refractivity contribution in [2.24, 2.45) is 0 Å². The van der Waals surface area contributed by atoms with Crippen LogP contribution in [0.5, 0.6) is 5.75 Å². The van der Waals surface area contributed by atoms with E-state index in [0.29, 0.717) is 5.39 Å². The number of nitrogens with zero attached hydrogens (tertiary/aromatic N) is 4. The summed E-state index contributed by atoms with van der Waals surface area (Å²) in [4.78, 5) is 22.9. The number of anilines is 1. The van der Waals surface area contributed by atoms with Crippen LogP contribution >= 0.6 is 0 Å². The molecule has 7 nitrogen and oxygen atoms in total. The Balaban J connectivity index is 1.58. The minimum Gasteiger partial charge on any atom is -0.406 e. The van der Waals surface area contributed by atoms with Gasteiger partial charge in [0, 0.05) is 37.6 Å². The molecule has 0 radical (unpaired) electrons. The van der Waals surface area contributed by atoms with Gasteiger partial charge in [-0.2, -0.15) is 13.2 Å². The van der Waals surface area contributed by atoms with Crippen molar-refractivity contribution in [1.82, 2.24) is 19.8 Å². The summed E-state index contributed by atoms with van der Waals surface area (Å²) >= 11 is 0. The molecule has 164 valence electrons. The van der Waals surface area contributed by atoms with Crippen LogP contribution in [0.15, 0.2) is 24.5 Å². The second kappa shape index (κ2) is 8.50. The van der Waals surface area contributed by atoms with E-state index in [-0.39, 0.29) is 50.0 Å². The number of nitrogens with one attached hydrogen (secondary N) is 1. The van der Waals surface area contributed by atoms with Crippen molar-refractivity contribution in [2.45, 2.75) is 12.5 Å². The Bertz CT molecular complexity index is 896. The van der Waals surface area contributed by atoms with Crippen LogP contribution in [0.3, 0.4) is 0 Å². The molecule has 0 aliphatic carbocycles. The molecular weight excluding hydrogens is 420 g/mol. The molecule has 0 unspecified atom stereocenters. The molecule has 3 rings (SSSR count). The van der Waals surface area contributed by atoms with Crippen molar-refractivity contribution in [3.05, 3.63) is 24.5 Å². The van der Waals surface area contributed by atoms with E-state index >= 15 is 0 Å². The molecule has 0 bridgehead atoms. The number of ether oxygens (including phenoxy) is 1. The Kier molecular flexibility index (Phi) is 6.19. The van der Waals surface area contributed by atoms with E-state index in [0.717, 1.165) is 18.5 Å². The van der Waals surface area contributed by atoms with Gasteiger partial charge in [0.05, 0.1) is 18.6 Å². The number of halogens is 6. The summed E-state index contributed by atoms with van der Waals surface area (Å²) in [6.07, 6.45) is -7.99. The minimum atomic E-state index is -4.83. The summed E-state index contributed by atoms with van der Waals surface area (Å²) in [6, 6.07) is 3.53. The van der Waals surface area contributed by atoms with Crippen LogP contribution in [-0.2, 0) is 4.79 Å². The molecule has 0 saturated carbocycles. The summed E-state index contributed by atoms with van der Waals surface area (Å²) in [5.41, 5.74) is 0.183. The minimum absolute atomic E-state index is 0.115. The summed E-state index contributed by atoms with van der Waals surface area (Å²) in [5, 5.41) is 3.19. The Morgan fingerprint density at radius 3 is 2.40 bits per heavy atom. The normalized spacial score (nSPS) is 16.0. The molecule has 2 aromatic rings. The lowest BCUT2D eigenvalue weighted by atomic mass is 10.2. The first kappa shape index (κ1) is 21.9. The van der Waals surface area contributed by atoms with Crippen LogP contribution in [-0.4, -0.2) is 77.5 Å². The van der Waals surface area contributed by atoms with Gasteiger partial charge in [0.15, 0.2) is 0 Å². The Labute approximate surface area is 166 Å². The SMILES string of the molecule is O=C(CNc1ncnc2cc(OC(F)(F)F)ccc12)N1CCN(CC(F)(F)F)CC1. The van der Waals surface area contributed by atoms with Crippen molar-refractivity contribution in [1.29, 1.82) is 0 Å². The molecule has 1 aliphatic heterocycles. The van der Waals surface area contributed by atoms with Crippen LogP contribution in [0.2, 0.25) is 0 Å². The number of carbonyl (C=O) groups is 1. The fourth-order valence-corrected chi connectivity index (χ4v) is 3.05. The summed E-state index contributed by atoms with van der Waals surface area (Å²) in [7, 11) is 0. The maximum absolute atomic E-state index is 12.4. The highest BCUT2D eigenvalue weighted by Gasteiger charge is 2.33. The average molecular weight is 437 g/mol. The Morgan fingerprint density at radius 2 is 1.77 bits per heavy atom. The zero-order valence-electron chi connectivity index (χ0n) is 15.4. The number of piperazine rings is 1. The molecule has 1 amide bonds. The predicted molar refractivity (Wildman–Crippen MR) is 93.8 cm³/mol. The molecule has 2 heterocycles. The summed E-state index contributed by atoms with van der Waals surface area (Å²) in [5.74, 6) is -0.527. The van der Waals surface area contributed by atoms with Crippen molar-refractivity contribution in [2.75, 3.05) is 44.6 Å². The molecular formula is C17H17F6N5O2. The highest BCUT2D eigenvalue weighted by atomic mass is 19.4. The third kappa shape index (κ3) is 6.08. The summed E-state index contributed by atoms with van der Waals surface area (Å²) in [6.45, 7) is -0.627. The topological polar surface area (TPSA) is 70.6 Å². The van der Waals surface area contributed by atoms with Crippen LogP contribution in [0.4, 0.5) is 32.2 Å². The Morgan fingerprint density at radius 1 is 1.07 bits per heavy atom. The van der Waals surface area contributed by atoms with Gasteiger partial charge >= 0.3 is 12.5 Å². The molecule has 1 saturated heterocycles. The van der Waals surface area contributed by atoms with Crippen LogP contribution in [0.1, 0.15) is 0 Å². The number of hydrogen-bond donors (Lipinski definition) is 1. The molecule has 1 aromatic carbocycles. The van der Waals surface area contributed by atoms with E-state index in [2.05, 4.69) is 20.0 Å². The highest BCUT2D eigenvalue weighted by molar-refractivity contribution is 5.91. The number of hydrogen-bond acceptors (Lipinski definition) is 6. The molecule has 0 atom stereocenters. The number of amides is 1. The molecule has 0 spiro atoms. The number of benzene rings is 1. The first-order valence-corrected chi connectivity index (χ1v) is 8.81. The van der Waals surface area contributed by atoms with Gasteiger partial charge in [0.25, 0.3) is 0 Å². The first-order valence-electron chi connectivity index (χ1n) is 8.81. The van der Waals surface area contributed by atoms with E-state index < -0.39 is 24.8 Å². The quantitative estimate of drug-likeness (QED) is 0.726. The van der Waals surface area contributed by atoms with Gasteiger partial charge in [-0.1, -0.05) is 0 Å². The van der Waals surface area contributed by atoms with E-state index in [1.54, 1.807) is 0 Å². The molecule has 13 heteroatoms. The molecule has 1 aromatic heterocycles. The number of rotatable bonds is 5. The third-order valence-corrected chi connectivity index (χ3v) is 4.38. The van der Waals surface area contributed by atoms with E-state index in [1.165, 1.54) is 15.9 Å². The summed E-state index contributed by atoms with van der Waals surface area (Å²) < 4.78 is 78.2. The fraction of sp³-hybridized carbons (Fsp3) is 0.471. The Hall–Kier alpha value is -2.83. The standard InChI is InChI=1S/C17H17F6N5O2/c18-16(19,20)9-27-3-5-28(6-4-27)14(29)8-24-15-12-2-1-11(30-17(21,22)23)7-13(12)25-10-26-15/h1-2,7,10H,3-6,8-9H2,(H,24,25,26). The van der Waals surface area contributed by atoms with Crippen molar-refractivity contribution < 1.29 is 35.9 Å². The largest absolute Gasteiger partial charge is 0.573 e. The zero-order valence-corrected chi connectivity index (χ0v) is 15.4. The monoisotopic (exact) mass is 437 g/mol. The van der Waals surface area contributed by atoms with E-state index in [4.69, 9.17) is 0 Å². The number of fused-ring (bicyclic) bond motifs is 1. The molecule has 1 N–H and O–H groups in total. The maximum atomic E-state index is 12.4.